The quantitative estimate of drug-likeness (QED) is 0.461. The molecule has 0 spiro atoms. The Labute approximate surface area is 161 Å². The maximum Gasteiger partial charge on any atom is 0.330 e. The molecule has 0 saturated carbocycles. The van der Waals surface area contributed by atoms with Crippen molar-refractivity contribution < 1.29 is 13.6 Å². The van der Waals surface area contributed by atoms with Gasteiger partial charge in [-0.1, -0.05) is 35.9 Å². The Morgan fingerprint density at radius 3 is 2.35 bits per heavy atom. The molecule has 0 atom stereocenters. The lowest BCUT2D eigenvalue weighted by Gasteiger charge is -2.18. The second kappa shape index (κ2) is 10.1. The van der Waals surface area contributed by atoms with Crippen molar-refractivity contribution in [3.05, 3.63) is 58.6 Å². The minimum atomic E-state index is -2.99. The molecule has 0 radical (unpaired) electrons. The summed E-state index contributed by atoms with van der Waals surface area (Å²) in [6.07, 6.45) is 1.93. The molecule has 0 amide bonds. The fourth-order valence-electron chi connectivity index (χ4n) is 2.77. The predicted molar refractivity (Wildman–Crippen MR) is 110 cm³/mol. The highest BCUT2D eigenvalue weighted by atomic mass is 35.5. The molecule has 2 aromatic carbocycles. The number of nitrogens with one attached hydrogen (secondary N) is 1. The van der Waals surface area contributed by atoms with Crippen LogP contribution in [-0.4, -0.2) is 19.4 Å². The van der Waals surface area contributed by atoms with E-state index in [1.165, 1.54) is 0 Å². The zero-order valence-electron chi connectivity index (χ0n) is 15.6. The molecule has 0 fully saturated rings. The van der Waals surface area contributed by atoms with E-state index in [0.29, 0.717) is 19.4 Å². The van der Waals surface area contributed by atoms with Crippen LogP contribution >= 0.6 is 19.2 Å². The molecular weight excluding hydrogens is 369 g/mol. The molecule has 0 unspecified atom stereocenters. The number of anilines is 2. The Bertz CT molecular complexity index is 756. The second-order valence-electron chi connectivity index (χ2n) is 5.97. The third-order valence-electron chi connectivity index (χ3n) is 4.08. The third kappa shape index (κ3) is 5.85. The van der Waals surface area contributed by atoms with Crippen LogP contribution < -0.4 is 5.32 Å². The van der Waals surface area contributed by atoms with Gasteiger partial charge in [0.2, 0.25) is 0 Å². The van der Waals surface area contributed by atoms with Gasteiger partial charge in [-0.2, -0.15) is 0 Å². The first-order valence-electron chi connectivity index (χ1n) is 8.97. The van der Waals surface area contributed by atoms with Crippen LogP contribution in [0.25, 0.3) is 0 Å². The largest absolute Gasteiger partial charge is 0.355 e. The van der Waals surface area contributed by atoms with Gasteiger partial charge in [-0.05, 0) is 62.9 Å². The van der Waals surface area contributed by atoms with Crippen LogP contribution in [0.15, 0.2) is 42.5 Å². The topological polar surface area (TPSA) is 47.6 Å². The van der Waals surface area contributed by atoms with Gasteiger partial charge in [0, 0.05) is 16.4 Å². The van der Waals surface area contributed by atoms with Crippen molar-refractivity contribution in [2.24, 2.45) is 0 Å². The highest BCUT2D eigenvalue weighted by Crippen LogP contribution is 2.48. The highest BCUT2D eigenvalue weighted by molar-refractivity contribution is 7.53. The van der Waals surface area contributed by atoms with E-state index in [1.807, 2.05) is 57.2 Å². The molecule has 2 rings (SSSR count). The number of rotatable bonds is 10. The second-order valence-corrected chi connectivity index (χ2v) is 8.56. The molecule has 6 heteroatoms. The fraction of sp³-hybridized carbons (Fsp3) is 0.400. The minimum absolute atomic E-state index is 0.392. The summed E-state index contributed by atoms with van der Waals surface area (Å²) < 4.78 is 23.3. The molecule has 2 aromatic rings. The zero-order valence-corrected chi connectivity index (χ0v) is 17.3. The van der Waals surface area contributed by atoms with Crippen molar-refractivity contribution >= 4 is 30.6 Å². The Morgan fingerprint density at radius 1 is 1.00 bits per heavy atom. The van der Waals surface area contributed by atoms with Gasteiger partial charge in [0.1, 0.15) is 0 Å². The molecule has 0 saturated heterocycles. The van der Waals surface area contributed by atoms with Gasteiger partial charge in [-0.15, -0.1) is 0 Å². The van der Waals surface area contributed by atoms with Crippen LogP contribution in [0.5, 0.6) is 0 Å². The van der Waals surface area contributed by atoms with E-state index in [0.717, 1.165) is 40.4 Å². The maximum atomic E-state index is 12.6. The molecule has 0 bridgehead atoms. The number of benzene rings is 2. The summed E-state index contributed by atoms with van der Waals surface area (Å²) in [5.41, 5.74) is 4.19. The van der Waals surface area contributed by atoms with Crippen molar-refractivity contribution in [3.63, 3.8) is 0 Å². The fourth-order valence-corrected chi connectivity index (χ4v) is 4.61. The third-order valence-corrected chi connectivity index (χ3v) is 6.66. The van der Waals surface area contributed by atoms with Gasteiger partial charge in [-0.25, -0.2) is 0 Å². The van der Waals surface area contributed by atoms with Crippen LogP contribution in [0.1, 0.15) is 31.4 Å². The van der Waals surface area contributed by atoms with E-state index in [9.17, 15) is 4.57 Å². The Hall–Kier alpha value is -1.32. The van der Waals surface area contributed by atoms with Gasteiger partial charge in [-0.3, -0.25) is 4.57 Å². The molecule has 0 heterocycles. The molecule has 0 aliphatic rings. The van der Waals surface area contributed by atoms with Gasteiger partial charge in [0.25, 0.3) is 0 Å². The van der Waals surface area contributed by atoms with E-state index >= 15 is 0 Å². The van der Waals surface area contributed by atoms with E-state index in [-0.39, 0.29) is 0 Å². The first-order valence-corrected chi connectivity index (χ1v) is 11.1. The monoisotopic (exact) mass is 395 g/mol. The number of hydrogen-bond acceptors (Lipinski definition) is 4. The summed E-state index contributed by atoms with van der Waals surface area (Å²) in [5.74, 6) is 0. The van der Waals surface area contributed by atoms with Gasteiger partial charge >= 0.3 is 7.60 Å². The van der Waals surface area contributed by atoms with Crippen molar-refractivity contribution in [1.82, 2.24) is 0 Å². The van der Waals surface area contributed by atoms with Crippen LogP contribution in [-0.2, 0) is 20.0 Å². The number of aryl methyl sites for hydroxylation is 1. The normalized spacial score (nSPS) is 11.5. The lowest BCUT2D eigenvalue weighted by Crippen LogP contribution is -2.03. The smallest absolute Gasteiger partial charge is 0.330 e. The average Bonchev–Trinajstić information content (AvgIpc) is 2.61. The van der Waals surface area contributed by atoms with Gasteiger partial charge in [0.15, 0.2) is 0 Å². The first kappa shape index (κ1) is 21.0. The number of halogens is 1. The summed E-state index contributed by atoms with van der Waals surface area (Å²) in [5, 5.41) is 4.20. The van der Waals surface area contributed by atoms with Crippen molar-refractivity contribution in [2.75, 3.05) is 24.7 Å². The Morgan fingerprint density at radius 2 is 1.65 bits per heavy atom. The average molecular weight is 396 g/mol. The highest BCUT2D eigenvalue weighted by Gasteiger charge is 2.22. The van der Waals surface area contributed by atoms with Crippen molar-refractivity contribution in [1.29, 1.82) is 0 Å². The Balaban J connectivity index is 2.07. The molecule has 142 valence electrons. The summed E-state index contributed by atoms with van der Waals surface area (Å²) in [6.45, 7) is 6.44. The van der Waals surface area contributed by atoms with Crippen molar-refractivity contribution in [2.45, 2.75) is 33.6 Å². The molecule has 26 heavy (non-hydrogen) atoms. The maximum absolute atomic E-state index is 12.6. The predicted octanol–water partition coefficient (Wildman–Crippen LogP) is 6.59. The van der Waals surface area contributed by atoms with E-state index in [4.69, 9.17) is 20.6 Å². The lowest BCUT2D eigenvalue weighted by molar-refractivity contribution is 0.220. The van der Waals surface area contributed by atoms with E-state index in [2.05, 4.69) is 11.4 Å². The van der Waals surface area contributed by atoms with Gasteiger partial charge in [0.05, 0.1) is 19.4 Å². The van der Waals surface area contributed by atoms with Crippen molar-refractivity contribution in [3.8, 4) is 0 Å². The minimum Gasteiger partial charge on any atom is -0.355 e. The van der Waals surface area contributed by atoms with Crippen LogP contribution in [0.3, 0.4) is 0 Å². The summed E-state index contributed by atoms with van der Waals surface area (Å²) >= 11 is 6.21. The number of hydrogen-bond donors (Lipinski definition) is 1. The molecule has 0 aliphatic heterocycles. The summed E-state index contributed by atoms with van der Waals surface area (Å²) in [6, 6.07) is 14.0. The van der Waals surface area contributed by atoms with Gasteiger partial charge < -0.3 is 14.4 Å². The Kier molecular flexibility index (Phi) is 8.17. The van der Waals surface area contributed by atoms with E-state index < -0.39 is 7.60 Å². The molecule has 1 N–H and O–H groups in total. The standard InChI is InChI=1S/C20H27ClNO3P/c1-4-24-26(23,25-5-2)15-9-11-17-10-6-7-13-20(17)22-19-14-8-12-18(21)16(19)3/h6-8,10,12-14,22H,4-5,9,11,15H2,1-3H3. The molecular formula is C20H27ClNO3P. The van der Waals surface area contributed by atoms with E-state index in [1.54, 1.807) is 0 Å². The van der Waals surface area contributed by atoms with Crippen LogP contribution in [0.4, 0.5) is 11.4 Å². The molecule has 0 aromatic heterocycles. The van der Waals surface area contributed by atoms with Crippen LogP contribution in [0.2, 0.25) is 5.02 Å². The zero-order chi connectivity index (χ0) is 19.0. The molecule has 0 aliphatic carbocycles. The summed E-state index contributed by atoms with van der Waals surface area (Å²) in [7, 11) is -2.99. The lowest BCUT2D eigenvalue weighted by atomic mass is 10.1. The number of para-hydroxylation sites is 1. The SMILES string of the molecule is CCOP(=O)(CCCc1ccccc1Nc1cccc(Cl)c1C)OCC. The first-order chi connectivity index (χ1) is 12.5. The summed E-state index contributed by atoms with van der Waals surface area (Å²) in [4.78, 5) is 0. The van der Waals surface area contributed by atoms with Crippen LogP contribution in [0, 0.1) is 6.92 Å². The molecule has 4 nitrogen and oxygen atoms in total.